The van der Waals surface area contributed by atoms with E-state index in [1.807, 2.05) is 0 Å². The summed E-state index contributed by atoms with van der Waals surface area (Å²) >= 11 is 11.5. The van der Waals surface area contributed by atoms with Crippen LogP contribution in [0.4, 0.5) is 5.69 Å². The van der Waals surface area contributed by atoms with Crippen molar-refractivity contribution in [3.8, 4) is 0 Å². The summed E-state index contributed by atoms with van der Waals surface area (Å²) in [6, 6.07) is 4.99. The third-order valence-corrected chi connectivity index (χ3v) is 2.20. The minimum Gasteiger partial charge on any atom is -0.480 e. The van der Waals surface area contributed by atoms with Crippen LogP contribution in [-0.2, 0) is 4.79 Å². The first-order valence-electron chi connectivity index (χ1n) is 3.51. The van der Waals surface area contributed by atoms with Crippen LogP contribution < -0.4 is 5.32 Å². The van der Waals surface area contributed by atoms with Gasteiger partial charge in [-0.15, -0.1) is 0 Å². The first-order chi connectivity index (χ1) is 6.11. The molecule has 0 saturated heterocycles. The predicted molar refractivity (Wildman–Crippen MR) is 52.6 cm³/mol. The Labute approximate surface area is 85.3 Å². The summed E-state index contributed by atoms with van der Waals surface area (Å²) in [6.45, 7) is -0.180. The Morgan fingerprint density at radius 3 is 2.77 bits per heavy atom. The number of benzene rings is 1. The Morgan fingerprint density at radius 2 is 2.15 bits per heavy atom. The average Bonchev–Trinajstić information content (AvgIpc) is 2.07. The van der Waals surface area contributed by atoms with E-state index < -0.39 is 5.97 Å². The highest BCUT2D eigenvalue weighted by Gasteiger charge is 2.04. The standard InChI is InChI=1S/C8H7Cl2NO2/c9-5-2-1-3-6(8(5)10)11-4-7(12)13/h1-3,11H,4H2,(H,12,13). The van der Waals surface area contributed by atoms with Gasteiger partial charge in [-0.3, -0.25) is 4.79 Å². The molecule has 0 unspecified atom stereocenters. The fourth-order valence-corrected chi connectivity index (χ4v) is 1.18. The van der Waals surface area contributed by atoms with Crippen molar-refractivity contribution in [2.75, 3.05) is 11.9 Å². The van der Waals surface area contributed by atoms with Gasteiger partial charge < -0.3 is 10.4 Å². The Kier molecular flexibility index (Phi) is 3.39. The zero-order chi connectivity index (χ0) is 9.84. The molecule has 0 bridgehead atoms. The normalized spacial score (nSPS) is 9.69. The van der Waals surface area contributed by atoms with Crippen molar-refractivity contribution in [2.45, 2.75) is 0 Å². The van der Waals surface area contributed by atoms with Gasteiger partial charge >= 0.3 is 5.97 Å². The van der Waals surface area contributed by atoms with Crippen LogP contribution in [0.5, 0.6) is 0 Å². The number of halogens is 2. The van der Waals surface area contributed by atoms with Crippen molar-refractivity contribution in [3.05, 3.63) is 28.2 Å². The lowest BCUT2D eigenvalue weighted by atomic mass is 10.3. The van der Waals surface area contributed by atoms with E-state index in [-0.39, 0.29) is 6.54 Å². The average molecular weight is 220 g/mol. The van der Waals surface area contributed by atoms with E-state index in [1.165, 1.54) is 0 Å². The van der Waals surface area contributed by atoms with E-state index in [9.17, 15) is 4.79 Å². The van der Waals surface area contributed by atoms with E-state index in [2.05, 4.69) is 5.32 Å². The maximum atomic E-state index is 10.2. The lowest BCUT2D eigenvalue weighted by Crippen LogP contribution is -2.12. The van der Waals surface area contributed by atoms with Gasteiger partial charge in [0, 0.05) is 0 Å². The second-order valence-corrected chi connectivity index (χ2v) is 3.13. The monoisotopic (exact) mass is 219 g/mol. The van der Waals surface area contributed by atoms with Gasteiger partial charge in [0.05, 0.1) is 15.7 Å². The molecule has 1 aromatic rings. The minimum atomic E-state index is -0.948. The lowest BCUT2D eigenvalue weighted by molar-refractivity contribution is -0.134. The molecule has 0 heterocycles. The van der Waals surface area contributed by atoms with E-state index in [0.717, 1.165) is 0 Å². The van der Waals surface area contributed by atoms with E-state index in [4.69, 9.17) is 28.3 Å². The van der Waals surface area contributed by atoms with Gasteiger partial charge in [-0.2, -0.15) is 0 Å². The Bertz CT molecular complexity index is 328. The molecule has 0 aliphatic rings. The SMILES string of the molecule is O=C(O)CNc1cccc(Cl)c1Cl. The Morgan fingerprint density at radius 1 is 1.46 bits per heavy atom. The summed E-state index contributed by atoms with van der Waals surface area (Å²) in [6.07, 6.45) is 0. The quantitative estimate of drug-likeness (QED) is 0.822. The molecule has 5 heteroatoms. The van der Waals surface area contributed by atoms with Gasteiger partial charge in [0.15, 0.2) is 0 Å². The van der Waals surface area contributed by atoms with E-state index in [1.54, 1.807) is 18.2 Å². The summed E-state index contributed by atoms with van der Waals surface area (Å²) in [5.41, 5.74) is 0.525. The lowest BCUT2D eigenvalue weighted by Gasteiger charge is -2.06. The highest BCUT2D eigenvalue weighted by molar-refractivity contribution is 6.43. The molecular weight excluding hydrogens is 213 g/mol. The van der Waals surface area contributed by atoms with Crippen molar-refractivity contribution < 1.29 is 9.90 Å². The van der Waals surface area contributed by atoms with E-state index >= 15 is 0 Å². The molecule has 0 amide bonds. The number of aliphatic carboxylic acids is 1. The van der Waals surface area contributed by atoms with Gasteiger partial charge in [-0.25, -0.2) is 0 Å². The number of carboxylic acids is 1. The van der Waals surface area contributed by atoms with Crippen molar-refractivity contribution in [2.24, 2.45) is 0 Å². The maximum absolute atomic E-state index is 10.2. The largest absolute Gasteiger partial charge is 0.480 e. The number of hydrogen-bond acceptors (Lipinski definition) is 2. The van der Waals surface area contributed by atoms with Crippen LogP contribution in [-0.4, -0.2) is 17.6 Å². The Hall–Kier alpha value is -0.930. The third-order valence-electron chi connectivity index (χ3n) is 1.38. The fraction of sp³-hybridized carbons (Fsp3) is 0.125. The minimum absolute atomic E-state index is 0.180. The van der Waals surface area contributed by atoms with Crippen LogP contribution in [0.15, 0.2) is 18.2 Å². The molecule has 2 N–H and O–H groups in total. The van der Waals surface area contributed by atoms with Crippen molar-refractivity contribution in [1.82, 2.24) is 0 Å². The Balaban J connectivity index is 2.77. The molecule has 0 aliphatic carbocycles. The number of carboxylic acid groups (broad SMARTS) is 1. The van der Waals surface area contributed by atoms with Crippen LogP contribution in [0.3, 0.4) is 0 Å². The molecule has 70 valence electrons. The second kappa shape index (κ2) is 4.35. The van der Waals surface area contributed by atoms with Gasteiger partial charge in [-0.05, 0) is 12.1 Å². The molecule has 0 saturated carbocycles. The predicted octanol–water partition coefficient (Wildman–Crippen LogP) is 2.49. The van der Waals surface area contributed by atoms with Crippen molar-refractivity contribution in [1.29, 1.82) is 0 Å². The third kappa shape index (κ3) is 2.79. The van der Waals surface area contributed by atoms with E-state index in [0.29, 0.717) is 15.7 Å². The van der Waals surface area contributed by atoms with Gasteiger partial charge in [0.1, 0.15) is 6.54 Å². The molecule has 13 heavy (non-hydrogen) atoms. The van der Waals surface area contributed by atoms with Gasteiger partial charge in [0.25, 0.3) is 0 Å². The zero-order valence-electron chi connectivity index (χ0n) is 6.55. The molecule has 1 aromatic carbocycles. The number of carbonyl (C=O) groups is 1. The number of hydrogen-bond donors (Lipinski definition) is 2. The van der Waals surface area contributed by atoms with Crippen LogP contribution in [0.1, 0.15) is 0 Å². The highest BCUT2D eigenvalue weighted by atomic mass is 35.5. The highest BCUT2D eigenvalue weighted by Crippen LogP contribution is 2.29. The number of nitrogens with one attached hydrogen (secondary N) is 1. The summed E-state index contributed by atoms with van der Waals surface area (Å²) in [5, 5.41) is 11.8. The molecule has 0 fully saturated rings. The fourth-order valence-electron chi connectivity index (χ4n) is 0.811. The topological polar surface area (TPSA) is 49.3 Å². The molecule has 0 aliphatic heterocycles. The van der Waals surface area contributed by atoms with Crippen LogP contribution in [0.25, 0.3) is 0 Å². The summed E-state index contributed by atoms with van der Waals surface area (Å²) in [7, 11) is 0. The number of anilines is 1. The first-order valence-corrected chi connectivity index (χ1v) is 4.26. The smallest absolute Gasteiger partial charge is 0.322 e. The van der Waals surface area contributed by atoms with Crippen LogP contribution >= 0.6 is 23.2 Å². The number of rotatable bonds is 3. The molecule has 1 rings (SSSR count). The van der Waals surface area contributed by atoms with Gasteiger partial charge in [-0.1, -0.05) is 29.3 Å². The first kappa shape index (κ1) is 10.2. The molecular formula is C8H7Cl2NO2. The maximum Gasteiger partial charge on any atom is 0.322 e. The molecule has 0 atom stereocenters. The zero-order valence-corrected chi connectivity index (χ0v) is 8.06. The summed E-state index contributed by atoms with van der Waals surface area (Å²) < 4.78 is 0. The van der Waals surface area contributed by atoms with Crippen molar-refractivity contribution >= 4 is 34.9 Å². The van der Waals surface area contributed by atoms with Gasteiger partial charge in [0.2, 0.25) is 0 Å². The second-order valence-electron chi connectivity index (χ2n) is 2.35. The summed E-state index contributed by atoms with van der Waals surface area (Å²) in [4.78, 5) is 10.2. The molecule has 0 aromatic heterocycles. The molecule has 0 spiro atoms. The molecule has 3 nitrogen and oxygen atoms in total. The van der Waals surface area contributed by atoms with Crippen molar-refractivity contribution in [3.63, 3.8) is 0 Å². The molecule has 0 radical (unpaired) electrons. The van der Waals surface area contributed by atoms with Crippen LogP contribution in [0.2, 0.25) is 10.0 Å². The van der Waals surface area contributed by atoms with Crippen LogP contribution in [0, 0.1) is 0 Å². The summed E-state index contributed by atoms with van der Waals surface area (Å²) in [5.74, 6) is -0.948.